The molecule has 2 aromatic rings. The predicted octanol–water partition coefficient (Wildman–Crippen LogP) is 4.17. The smallest absolute Gasteiger partial charge is 0.123 e. The van der Waals surface area contributed by atoms with E-state index in [0.29, 0.717) is 11.4 Å². The highest BCUT2D eigenvalue weighted by molar-refractivity contribution is 7.12. The van der Waals surface area contributed by atoms with E-state index < -0.39 is 0 Å². The van der Waals surface area contributed by atoms with Crippen molar-refractivity contribution in [1.82, 2.24) is 5.43 Å². The van der Waals surface area contributed by atoms with Gasteiger partial charge in [0.2, 0.25) is 0 Å². The molecule has 112 valence electrons. The van der Waals surface area contributed by atoms with Crippen LogP contribution in [0.1, 0.15) is 39.8 Å². The first-order valence-electron chi connectivity index (χ1n) is 7.19. The molecule has 0 saturated heterocycles. The minimum Gasteiger partial charge on any atom is -0.271 e. The van der Waals surface area contributed by atoms with E-state index in [1.54, 1.807) is 6.07 Å². The zero-order valence-electron chi connectivity index (χ0n) is 11.7. The molecular formula is C16H18ClFN2S. The molecule has 3 N–H and O–H groups in total. The summed E-state index contributed by atoms with van der Waals surface area (Å²) in [6.45, 7) is 0. The lowest BCUT2D eigenvalue weighted by Crippen LogP contribution is -2.29. The number of hydrazine groups is 1. The Hall–Kier alpha value is -0.940. The number of nitrogens with two attached hydrogens (primary N) is 1. The fourth-order valence-corrected chi connectivity index (χ4v) is 4.36. The highest BCUT2D eigenvalue weighted by Crippen LogP contribution is 2.34. The topological polar surface area (TPSA) is 38.0 Å². The largest absolute Gasteiger partial charge is 0.271 e. The summed E-state index contributed by atoms with van der Waals surface area (Å²) < 4.78 is 13.4. The van der Waals surface area contributed by atoms with E-state index in [1.165, 1.54) is 40.3 Å². The first-order chi connectivity index (χ1) is 10.2. The molecule has 0 bridgehead atoms. The van der Waals surface area contributed by atoms with Crippen LogP contribution in [0.2, 0.25) is 5.02 Å². The Balaban J connectivity index is 1.84. The Kier molecular flexibility index (Phi) is 4.60. The van der Waals surface area contributed by atoms with E-state index in [9.17, 15) is 4.39 Å². The lowest BCUT2D eigenvalue weighted by molar-refractivity contribution is 0.556. The van der Waals surface area contributed by atoms with Gasteiger partial charge in [0, 0.05) is 14.8 Å². The standard InChI is InChI=1S/C16H18ClFN2S/c17-13-6-5-12(18)7-11(13)8-14(20-19)16-9-10-3-1-2-4-15(10)21-16/h5-7,9,14,20H,1-4,8,19H2. The van der Waals surface area contributed by atoms with Gasteiger partial charge in [-0.15, -0.1) is 11.3 Å². The van der Waals surface area contributed by atoms with E-state index in [-0.39, 0.29) is 11.9 Å². The molecule has 1 aromatic heterocycles. The minimum absolute atomic E-state index is 0.0279. The molecule has 0 aliphatic heterocycles. The van der Waals surface area contributed by atoms with Gasteiger partial charge in [-0.05, 0) is 67.5 Å². The second kappa shape index (κ2) is 6.44. The molecule has 0 fully saturated rings. The van der Waals surface area contributed by atoms with Gasteiger partial charge in [-0.1, -0.05) is 11.6 Å². The van der Waals surface area contributed by atoms with Crippen LogP contribution in [-0.2, 0) is 19.3 Å². The van der Waals surface area contributed by atoms with Gasteiger partial charge in [0.15, 0.2) is 0 Å². The van der Waals surface area contributed by atoms with E-state index >= 15 is 0 Å². The Morgan fingerprint density at radius 3 is 2.86 bits per heavy atom. The molecular weight excluding hydrogens is 307 g/mol. The summed E-state index contributed by atoms with van der Waals surface area (Å²) in [5.41, 5.74) is 5.09. The lowest BCUT2D eigenvalue weighted by Gasteiger charge is -2.15. The lowest BCUT2D eigenvalue weighted by atomic mass is 9.98. The van der Waals surface area contributed by atoms with E-state index in [1.807, 2.05) is 11.3 Å². The molecule has 0 spiro atoms. The summed E-state index contributed by atoms with van der Waals surface area (Å²) in [4.78, 5) is 2.69. The zero-order valence-corrected chi connectivity index (χ0v) is 13.2. The van der Waals surface area contributed by atoms with Gasteiger partial charge in [0.05, 0.1) is 6.04 Å². The van der Waals surface area contributed by atoms with Gasteiger partial charge in [-0.3, -0.25) is 11.3 Å². The molecule has 1 aliphatic carbocycles. The third-order valence-electron chi connectivity index (χ3n) is 3.99. The van der Waals surface area contributed by atoms with Crippen molar-refractivity contribution in [3.05, 3.63) is 56.0 Å². The molecule has 0 radical (unpaired) electrons. The second-order valence-electron chi connectivity index (χ2n) is 5.46. The van der Waals surface area contributed by atoms with Crippen molar-refractivity contribution in [1.29, 1.82) is 0 Å². The summed E-state index contributed by atoms with van der Waals surface area (Å²) in [6, 6.07) is 6.68. The fourth-order valence-electron chi connectivity index (χ4n) is 2.85. The number of benzene rings is 1. The van der Waals surface area contributed by atoms with Crippen molar-refractivity contribution in [3.63, 3.8) is 0 Å². The van der Waals surface area contributed by atoms with Gasteiger partial charge in [0.1, 0.15) is 5.82 Å². The summed E-state index contributed by atoms with van der Waals surface area (Å²) >= 11 is 7.97. The molecule has 2 nitrogen and oxygen atoms in total. The molecule has 1 aliphatic rings. The number of thiophene rings is 1. The van der Waals surface area contributed by atoms with Crippen LogP contribution in [0.3, 0.4) is 0 Å². The Morgan fingerprint density at radius 1 is 1.29 bits per heavy atom. The van der Waals surface area contributed by atoms with Gasteiger partial charge < -0.3 is 0 Å². The predicted molar refractivity (Wildman–Crippen MR) is 86.1 cm³/mol. The Morgan fingerprint density at radius 2 is 2.10 bits per heavy atom. The number of halogens is 2. The Bertz CT molecular complexity index is 618. The molecule has 5 heteroatoms. The van der Waals surface area contributed by atoms with Crippen molar-refractivity contribution in [2.24, 2.45) is 5.84 Å². The summed E-state index contributed by atoms with van der Waals surface area (Å²) in [6.07, 6.45) is 5.44. The van der Waals surface area contributed by atoms with Gasteiger partial charge in [-0.2, -0.15) is 0 Å². The van der Waals surface area contributed by atoms with Crippen molar-refractivity contribution in [2.45, 2.75) is 38.1 Å². The maximum atomic E-state index is 13.4. The number of rotatable bonds is 4. The van der Waals surface area contributed by atoms with Crippen molar-refractivity contribution in [3.8, 4) is 0 Å². The normalized spacial score (nSPS) is 15.8. The minimum atomic E-state index is -0.268. The summed E-state index contributed by atoms with van der Waals surface area (Å²) in [5, 5.41) is 0.581. The number of fused-ring (bicyclic) bond motifs is 1. The molecule has 3 rings (SSSR count). The molecule has 21 heavy (non-hydrogen) atoms. The SMILES string of the molecule is NNC(Cc1cc(F)ccc1Cl)c1cc2c(s1)CCCC2. The average Bonchev–Trinajstić information content (AvgIpc) is 2.91. The van der Waals surface area contributed by atoms with Crippen LogP contribution in [0.4, 0.5) is 4.39 Å². The van der Waals surface area contributed by atoms with Crippen LogP contribution in [0.15, 0.2) is 24.3 Å². The van der Waals surface area contributed by atoms with Crippen LogP contribution in [0.5, 0.6) is 0 Å². The molecule has 1 atom stereocenters. The van der Waals surface area contributed by atoms with Gasteiger partial charge >= 0.3 is 0 Å². The van der Waals surface area contributed by atoms with Crippen LogP contribution in [0, 0.1) is 5.82 Å². The number of hydrogen-bond acceptors (Lipinski definition) is 3. The third-order valence-corrected chi connectivity index (χ3v) is 5.71. The van der Waals surface area contributed by atoms with E-state index in [2.05, 4.69) is 11.5 Å². The number of hydrogen-bond donors (Lipinski definition) is 2. The first kappa shape index (κ1) is 15.0. The monoisotopic (exact) mass is 324 g/mol. The zero-order chi connectivity index (χ0) is 14.8. The average molecular weight is 325 g/mol. The summed E-state index contributed by atoms with van der Waals surface area (Å²) in [7, 11) is 0. The van der Waals surface area contributed by atoms with Crippen molar-refractivity contribution < 1.29 is 4.39 Å². The second-order valence-corrected chi connectivity index (χ2v) is 7.04. The van der Waals surface area contributed by atoms with E-state index in [0.717, 1.165) is 18.4 Å². The number of nitrogens with one attached hydrogen (secondary N) is 1. The van der Waals surface area contributed by atoms with Crippen LogP contribution in [0.25, 0.3) is 0 Å². The maximum absolute atomic E-state index is 13.4. The van der Waals surface area contributed by atoms with Crippen LogP contribution < -0.4 is 11.3 Å². The quantitative estimate of drug-likeness (QED) is 0.654. The Labute approximate surface area is 133 Å². The molecule has 1 unspecified atom stereocenters. The highest BCUT2D eigenvalue weighted by Gasteiger charge is 2.19. The first-order valence-corrected chi connectivity index (χ1v) is 8.38. The number of aryl methyl sites for hydroxylation is 2. The van der Waals surface area contributed by atoms with Crippen LogP contribution in [-0.4, -0.2) is 0 Å². The van der Waals surface area contributed by atoms with Crippen molar-refractivity contribution in [2.75, 3.05) is 0 Å². The molecule has 1 heterocycles. The van der Waals surface area contributed by atoms with Gasteiger partial charge in [-0.25, -0.2) is 4.39 Å². The van der Waals surface area contributed by atoms with Crippen molar-refractivity contribution >= 4 is 22.9 Å². The third kappa shape index (κ3) is 3.29. The van der Waals surface area contributed by atoms with Gasteiger partial charge in [0.25, 0.3) is 0 Å². The molecule has 1 aromatic carbocycles. The van der Waals surface area contributed by atoms with E-state index in [4.69, 9.17) is 17.4 Å². The fraction of sp³-hybridized carbons (Fsp3) is 0.375. The maximum Gasteiger partial charge on any atom is 0.123 e. The molecule has 0 amide bonds. The summed E-state index contributed by atoms with van der Waals surface area (Å²) in [5.74, 6) is 5.45. The van der Waals surface area contributed by atoms with Crippen LogP contribution >= 0.6 is 22.9 Å². The molecule has 0 saturated carbocycles. The highest BCUT2D eigenvalue weighted by atomic mass is 35.5.